The maximum atomic E-state index is 11.8. The van der Waals surface area contributed by atoms with Gasteiger partial charge in [0.2, 0.25) is 0 Å². The fourth-order valence-electron chi connectivity index (χ4n) is 1.92. The number of carboxylic acids is 1. The number of H-pyrrole nitrogens is 1. The average Bonchev–Trinajstić information content (AvgIpc) is 2.98. The van der Waals surface area contributed by atoms with Gasteiger partial charge in [0.15, 0.2) is 0 Å². The van der Waals surface area contributed by atoms with Crippen LogP contribution in [0.15, 0.2) is 39.8 Å². The van der Waals surface area contributed by atoms with E-state index in [1.807, 2.05) is 0 Å². The summed E-state index contributed by atoms with van der Waals surface area (Å²) in [5.41, 5.74) is 1.50. The summed E-state index contributed by atoms with van der Waals surface area (Å²) in [5, 5.41) is 12.7. The SMILES string of the molecule is O=C(O)c1ccc2[nH]c(=O)n(Cc3ccon3)c2c1. The highest BCUT2D eigenvalue weighted by atomic mass is 16.5. The quantitative estimate of drug-likeness (QED) is 0.732. The van der Waals surface area contributed by atoms with Crippen molar-refractivity contribution in [3.63, 3.8) is 0 Å². The van der Waals surface area contributed by atoms with Crippen LogP contribution in [-0.2, 0) is 6.54 Å². The molecule has 2 aromatic heterocycles. The first-order chi connectivity index (χ1) is 9.15. The molecule has 0 radical (unpaired) electrons. The third-order valence-corrected chi connectivity index (χ3v) is 2.83. The molecule has 0 atom stereocenters. The molecule has 0 aliphatic rings. The van der Waals surface area contributed by atoms with E-state index in [4.69, 9.17) is 9.63 Å². The first-order valence-corrected chi connectivity index (χ1v) is 5.50. The third kappa shape index (κ3) is 1.90. The Labute approximate surface area is 106 Å². The van der Waals surface area contributed by atoms with Crippen LogP contribution in [0.1, 0.15) is 16.1 Å². The predicted molar refractivity (Wildman–Crippen MR) is 65.1 cm³/mol. The molecule has 0 aliphatic carbocycles. The van der Waals surface area contributed by atoms with Crippen molar-refractivity contribution < 1.29 is 14.4 Å². The van der Waals surface area contributed by atoms with Crippen LogP contribution < -0.4 is 5.69 Å². The van der Waals surface area contributed by atoms with E-state index in [1.165, 1.54) is 23.0 Å². The zero-order chi connectivity index (χ0) is 13.4. The van der Waals surface area contributed by atoms with Crippen LogP contribution in [0.3, 0.4) is 0 Å². The lowest BCUT2D eigenvalue weighted by Gasteiger charge is -2.00. The van der Waals surface area contributed by atoms with Gasteiger partial charge in [0, 0.05) is 6.07 Å². The molecule has 1 aromatic carbocycles. The minimum atomic E-state index is -1.04. The summed E-state index contributed by atoms with van der Waals surface area (Å²) in [5.74, 6) is -1.04. The van der Waals surface area contributed by atoms with Gasteiger partial charge in [0.1, 0.15) is 12.0 Å². The third-order valence-electron chi connectivity index (χ3n) is 2.83. The molecule has 0 saturated carbocycles. The Bertz CT molecular complexity index is 798. The number of nitrogens with zero attached hydrogens (tertiary/aromatic N) is 2. The number of benzene rings is 1. The summed E-state index contributed by atoms with van der Waals surface area (Å²) in [7, 11) is 0. The first-order valence-electron chi connectivity index (χ1n) is 5.50. The molecule has 0 saturated heterocycles. The molecule has 2 N–H and O–H groups in total. The van der Waals surface area contributed by atoms with Gasteiger partial charge < -0.3 is 14.6 Å². The van der Waals surface area contributed by atoms with E-state index in [-0.39, 0.29) is 17.8 Å². The van der Waals surface area contributed by atoms with E-state index in [1.54, 1.807) is 12.1 Å². The molecular weight excluding hydrogens is 250 g/mol. The van der Waals surface area contributed by atoms with Crippen LogP contribution in [0.5, 0.6) is 0 Å². The normalized spacial score (nSPS) is 10.9. The number of aromatic amines is 1. The van der Waals surface area contributed by atoms with Crippen molar-refractivity contribution in [2.45, 2.75) is 6.54 Å². The zero-order valence-electron chi connectivity index (χ0n) is 9.66. The van der Waals surface area contributed by atoms with Crippen LogP contribution in [0.4, 0.5) is 0 Å². The Hall–Kier alpha value is -2.83. The summed E-state index contributed by atoms with van der Waals surface area (Å²) in [6.45, 7) is 0.221. The Morgan fingerprint density at radius 2 is 2.26 bits per heavy atom. The molecule has 2 heterocycles. The van der Waals surface area contributed by atoms with E-state index in [9.17, 15) is 9.59 Å². The lowest BCUT2D eigenvalue weighted by molar-refractivity contribution is 0.0697. The van der Waals surface area contributed by atoms with Crippen molar-refractivity contribution in [1.82, 2.24) is 14.7 Å². The molecule has 0 fully saturated rings. The highest BCUT2D eigenvalue weighted by Crippen LogP contribution is 2.14. The van der Waals surface area contributed by atoms with Gasteiger partial charge in [-0.05, 0) is 18.2 Å². The topological polar surface area (TPSA) is 101 Å². The summed E-state index contributed by atoms with van der Waals surface area (Å²) in [4.78, 5) is 25.5. The van der Waals surface area contributed by atoms with Gasteiger partial charge in [-0.3, -0.25) is 4.57 Å². The Kier molecular flexibility index (Phi) is 2.45. The fourth-order valence-corrected chi connectivity index (χ4v) is 1.92. The summed E-state index contributed by atoms with van der Waals surface area (Å²) < 4.78 is 6.12. The molecule has 0 unspecified atom stereocenters. The van der Waals surface area contributed by atoms with E-state index in [0.29, 0.717) is 16.7 Å². The predicted octanol–water partition coefficient (Wildman–Crippen LogP) is 1.06. The fraction of sp³-hybridized carbons (Fsp3) is 0.0833. The second kappa shape index (κ2) is 4.13. The number of imidazole rings is 1. The largest absolute Gasteiger partial charge is 0.478 e. The van der Waals surface area contributed by atoms with Crippen molar-refractivity contribution >= 4 is 17.0 Å². The van der Waals surface area contributed by atoms with E-state index >= 15 is 0 Å². The summed E-state index contributed by atoms with van der Waals surface area (Å²) >= 11 is 0. The maximum Gasteiger partial charge on any atom is 0.335 e. The summed E-state index contributed by atoms with van der Waals surface area (Å²) in [6, 6.07) is 6.11. The Balaban J connectivity index is 2.16. The number of aromatic nitrogens is 3. The van der Waals surface area contributed by atoms with Crippen LogP contribution in [0.25, 0.3) is 11.0 Å². The smallest absolute Gasteiger partial charge is 0.335 e. The van der Waals surface area contributed by atoms with Crippen LogP contribution in [0.2, 0.25) is 0 Å². The molecule has 0 amide bonds. The zero-order valence-corrected chi connectivity index (χ0v) is 9.66. The monoisotopic (exact) mass is 259 g/mol. The van der Waals surface area contributed by atoms with Gasteiger partial charge in [-0.25, -0.2) is 9.59 Å². The average molecular weight is 259 g/mol. The van der Waals surface area contributed by atoms with Crippen molar-refractivity contribution in [3.05, 3.63) is 52.3 Å². The number of carboxylic acid groups (broad SMARTS) is 1. The Morgan fingerprint density at radius 3 is 2.95 bits per heavy atom. The molecule has 0 bridgehead atoms. The molecule has 96 valence electrons. The molecule has 0 spiro atoms. The molecule has 19 heavy (non-hydrogen) atoms. The summed E-state index contributed by atoms with van der Waals surface area (Å²) in [6.07, 6.45) is 1.41. The lowest BCUT2D eigenvalue weighted by Crippen LogP contribution is -2.17. The Morgan fingerprint density at radius 1 is 1.42 bits per heavy atom. The number of carbonyl (C=O) groups is 1. The lowest BCUT2D eigenvalue weighted by atomic mass is 10.2. The second-order valence-corrected chi connectivity index (χ2v) is 4.04. The standard InChI is InChI=1S/C12H9N3O4/c16-11(17)7-1-2-9-10(5-7)15(12(18)13-9)6-8-3-4-19-14-8/h1-5H,6H2,(H,13,18)(H,16,17). The van der Waals surface area contributed by atoms with Crippen LogP contribution in [-0.4, -0.2) is 25.8 Å². The number of rotatable bonds is 3. The minimum absolute atomic E-state index is 0.125. The maximum absolute atomic E-state index is 11.8. The minimum Gasteiger partial charge on any atom is -0.478 e. The van der Waals surface area contributed by atoms with Gasteiger partial charge in [-0.1, -0.05) is 5.16 Å². The number of hydrogen-bond donors (Lipinski definition) is 2. The van der Waals surface area contributed by atoms with Gasteiger partial charge in [0.05, 0.1) is 23.1 Å². The van der Waals surface area contributed by atoms with E-state index in [0.717, 1.165) is 0 Å². The van der Waals surface area contributed by atoms with Gasteiger partial charge in [0.25, 0.3) is 0 Å². The molecule has 3 rings (SSSR count). The van der Waals surface area contributed by atoms with Gasteiger partial charge in [-0.15, -0.1) is 0 Å². The van der Waals surface area contributed by atoms with Crippen molar-refractivity contribution in [2.75, 3.05) is 0 Å². The first kappa shape index (κ1) is 11.3. The number of nitrogens with one attached hydrogen (secondary N) is 1. The number of hydrogen-bond acceptors (Lipinski definition) is 4. The highest BCUT2D eigenvalue weighted by Gasteiger charge is 2.11. The van der Waals surface area contributed by atoms with Crippen LogP contribution >= 0.6 is 0 Å². The molecule has 0 aliphatic heterocycles. The molecule has 7 heteroatoms. The van der Waals surface area contributed by atoms with E-state index < -0.39 is 5.97 Å². The molecular formula is C12H9N3O4. The number of fused-ring (bicyclic) bond motifs is 1. The van der Waals surface area contributed by atoms with Gasteiger partial charge in [-0.2, -0.15) is 0 Å². The molecule has 7 nitrogen and oxygen atoms in total. The second-order valence-electron chi connectivity index (χ2n) is 4.04. The van der Waals surface area contributed by atoms with E-state index in [2.05, 4.69) is 10.1 Å². The van der Waals surface area contributed by atoms with Crippen LogP contribution in [0, 0.1) is 0 Å². The number of aromatic carboxylic acids is 1. The molecule has 3 aromatic rings. The van der Waals surface area contributed by atoms with Crippen molar-refractivity contribution in [1.29, 1.82) is 0 Å². The van der Waals surface area contributed by atoms with Crippen molar-refractivity contribution in [2.24, 2.45) is 0 Å². The highest BCUT2D eigenvalue weighted by molar-refractivity contribution is 5.92. The van der Waals surface area contributed by atoms with Crippen molar-refractivity contribution in [3.8, 4) is 0 Å². The van der Waals surface area contributed by atoms with Gasteiger partial charge >= 0.3 is 11.7 Å².